The van der Waals surface area contributed by atoms with Crippen LogP contribution in [0.25, 0.3) is 10.9 Å². The zero-order valence-corrected chi connectivity index (χ0v) is 21.3. The number of anilines is 2. The van der Waals surface area contributed by atoms with Gasteiger partial charge in [-0.05, 0) is 30.3 Å². The molecule has 188 valence electrons. The first-order chi connectivity index (χ1) is 17.5. The number of methoxy groups -OCH3 is 1. The third kappa shape index (κ3) is 5.64. The number of thioether (sulfide) groups is 1. The summed E-state index contributed by atoms with van der Waals surface area (Å²) in [5.41, 5.74) is 1.97. The number of allylic oxidation sites excluding steroid dienone is 1. The number of hydrogen-bond donors (Lipinski definition) is 1. The SMILES string of the molecule is COc1cc2ncnc(Nc3ccc(F)c(Cl)c3)c2cc1CC(=O)/C=C/CN1CC2OCCSC2C1. The van der Waals surface area contributed by atoms with Crippen LogP contribution in [-0.4, -0.2) is 71.1 Å². The molecule has 36 heavy (non-hydrogen) atoms. The van der Waals surface area contributed by atoms with Crippen molar-refractivity contribution >= 4 is 51.6 Å². The number of carbonyl (C=O) groups is 1. The fraction of sp³-hybridized carbons (Fsp3) is 0.346. The number of nitrogens with zero attached hydrogens (tertiary/aromatic N) is 3. The van der Waals surface area contributed by atoms with Gasteiger partial charge in [0.05, 0.1) is 30.4 Å². The molecule has 2 unspecified atom stereocenters. The van der Waals surface area contributed by atoms with E-state index >= 15 is 0 Å². The lowest BCUT2D eigenvalue weighted by molar-refractivity contribution is -0.114. The number of ketones is 1. The summed E-state index contributed by atoms with van der Waals surface area (Å²) in [6.45, 7) is 3.44. The highest BCUT2D eigenvalue weighted by Gasteiger charge is 2.35. The molecule has 3 heterocycles. The van der Waals surface area contributed by atoms with E-state index in [9.17, 15) is 9.18 Å². The second-order valence-corrected chi connectivity index (χ2v) is 10.5. The van der Waals surface area contributed by atoms with Crippen molar-refractivity contribution in [2.75, 3.05) is 44.4 Å². The number of likely N-dealkylation sites (tertiary alicyclic amines) is 1. The minimum absolute atomic E-state index is 0.0112. The van der Waals surface area contributed by atoms with Crippen LogP contribution in [0.4, 0.5) is 15.9 Å². The number of aromatic nitrogens is 2. The van der Waals surface area contributed by atoms with Crippen LogP contribution in [0.5, 0.6) is 5.75 Å². The molecule has 2 atom stereocenters. The fourth-order valence-electron chi connectivity index (χ4n) is 4.53. The third-order valence-corrected chi connectivity index (χ3v) is 7.86. The van der Waals surface area contributed by atoms with Crippen LogP contribution in [0, 0.1) is 5.82 Å². The number of rotatable bonds is 8. The molecule has 2 saturated heterocycles. The lowest BCUT2D eigenvalue weighted by Gasteiger charge is -2.23. The highest BCUT2D eigenvalue weighted by Crippen LogP contribution is 2.31. The topological polar surface area (TPSA) is 76.6 Å². The molecule has 0 bridgehead atoms. The zero-order chi connectivity index (χ0) is 25.1. The standard InChI is InChI=1S/C26H26ClFN4O3S/c1-34-23-12-22-19(26(30-15-29-22)31-17-4-5-21(28)20(27)11-17)10-16(23)9-18(33)3-2-6-32-13-24-25(14-32)36-8-7-35-24/h2-5,10-12,15,24-25H,6-9,13-14H2,1H3,(H,29,30,31)/b3-2+. The molecule has 0 radical (unpaired) electrons. The van der Waals surface area contributed by atoms with Crippen molar-refractivity contribution in [3.63, 3.8) is 0 Å². The Morgan fingerprint density at radius 3 is 3.03 bits per heavy atom. The molecule has 2 aliphatic heterocycles. The van der Waals surface area contributed by atoms with Crippen LogP contribution in [0.2, 0.25) is 5.02 Å². The van der Waals surface area contributed by atoms with Crippen molar-refractivity contribution in [1.82, 2.24) is 14.9 Å². The molecule has 1 N–H and O–H groups in total. The van der Waals surface area contributed by atoms with Gasteiger partial charge in [0.1, 0.15) is 23.7 Å². The van der Waals surface area contributed by atoms with Crippen LogP contribution in [0.1, 0.15) is 5.56 Å². The van der Waals surface area contributed by atoms with Gasteiger partial charge < -0.3 is 14.8 Å². The van der Waals surface area contributed by atoms with E-state index in [1.165, 1.54) is 18.5 Å². The highest BCUT2D eigenvalue weighted by atomic mass is 35.5. The summed E-state index contributed by atoms with van der Waals surface area (Å²) < 4.78 is 24.9. The Kier molecular flexibility index (Phi) is 7.71. The van der Waals surface area contributed by atoms with Crippen LogP contribution >= 0.6 is 23.4 Å². The fourth-order valence-corrected chi connectivity index (χ4v) is 5.90. The first kappa shape index (κ1) is 25.0. The van der Waals surface area contributed by atoms with Gasteiger partial charge >= 0.3 is 0 Å². The quantitative estimate of drug-likeness (QED) is 0.423. The molecule has 2 fully saturated rings. The molecule has 3 aromatic rings. The first-order valence-electron chi connectivity index (χ1n) is 11.7. The molecule has 0 aliphatic carbocycles. The van der Waals surface area contributed by atoms with Crippen molar-refractivity contribution in [3.8, 4) is 5.75 Å². The molecular formula is C26H26ClFN4O3S. The summed E-state index contributed by atoms with van der Waals surface area (Å²) >= 11 is 7.89. The Morgan fingerprint density at radius 2 is 2.22 bits per heavy atom. The highest BCUT2D eigenvalue weighted by molar-refractivity contribution is 8.00. The van der Waals surface area contributed by atoms with Crippen molar-refractivity contribution in [2.24, 2.45) is 0 Å². The molecule has 0 amide bonds. The Morgan fingerprint density at radius 1 is 1.33 bits per heavy atom. The van der Waals surface area contributed by atoms with Crippen molar-refractivity contribution in [2.45, 2.75) is 17.8 Å². The number of ether oxygens (including phenoxy) is 2. The monoisotopic (exact) mass is 528 g/mol. The average Bonchev–Trinajstić information content (AvgIpc) is 3.29. The molecule has 7 nitrogen and oxygen atoms in total. The lowest BCUT2D eigenvalue weighted by atomic mass is 10.0. The number of nitrogens with one attached hydrogen (secondary N) is 1. The van der Waals surface area contributed by atoms with Crippen LogP contribution < -0.4 is 10.1 Å². The van der Waals surface area contributed by atoms with E-state index in [0.29, 0.717) is 39.5 Å². The van der Waals surface area contributed by atoms with Crippen molar-refractivity contribution < 1.29 is 18.7 Å². The molecule has 10 heteroatoms. The maximum atomic E-state index is 13.5. The summed E-state index contributed by atoms with van der Waals surface area (Å²) in [5.74, 6) is 1.63. The Bertz CT molecular complexity index is 1290. The molecule has 5 rings (SSSR count). The number of carbonyl (C=O) groups excluding carboxylic acids is 1. The molecule has 0 saturated carbocycles. The first-order valence-corrected chi connectivity index (χ1v) is 13.1. The van der Waals surface area contributed by atoms with Gasteiger partial charge in [0.2, 0.25) is 0 Å². The van der Waals surface area contributed by atoms with Gasteiger partial charge in [-0.3, -0.25) is 9.69 Å². The smallest absolute Gasteiger partial charge is 0.159 e. The van der Waals surface area contributed by atoms with Crippen LogP contribution in [-0.2, 0) is 16.0 Å². The van der Waals surface area contributed by atoms with Gasteiger partial charge in [-0.2, -0.15) is 11.8 Å². The maximum absolute atomic E-state index is 13.5. The summed E-state index contributed by atoms with van der Waals surface area (Å²) in [6, 6.07) is 8.00. The van der Waals surface area contributed by atoms with Crippen LogP contribution in [0.3, 0.4) is 0 Å². The Balaban J connectivity index is 1.30. The van der Waals surface area contributed by atoms with Crippen LogP contribution in [0.15, 0.2) is 48.8 Å². The summed E-state index contributed by atoms with van der Waals surface area (Å²) in [5, 5.41) is 4.41. The van der Waals surface area contributed by atoms with Gasteiger partial charge in [-0.25, -0.2) is 14.4 Å². The zero-order valence-electron chi connectivity index (χ0n) is 19.7. The maximum Gasteiger partial charge on any atom is 0.159 e. The Labute approximate surface area is 218 Å². The molecule has 0 spiro atoms. The van der Waals surface area contributed by atoms with Gasteiger partial charge in [0, 0.05) is 59.8 Å². The van der Waals surface area contributed by atoms with E-state index in [0.717, 1.165) is 37.6 Å². The second kappa shape index (κ2) is 11.1. The molecule has 2 aromatic carbocycles. The summed E-state index contributed by atoms with van der Waals surface area (Å²) in [4.78, 5) is 23.8. The number of benzene rings is 2. The average molecular weight is 529 g/mol. The van der Waals surface area contributed by atoms with E-state index in [4.69, 9.17) is 21.1 Å². The third-order valence-electron chi connectivity index (χ3n) is 6.29. The van der Waals surface area contributed by atoms with E-state index in [2.05, 4.69) is 20.2 Å². The van der Waals surface area contributed by atoms with E-state index < -0.39 is 5.82 Å². The minimum atomic E-state index is -0.497. The second-order valence-electron chi connectivity index (χ2n) is 8.74. The van der Waals surface area contributed by atoms with E-state index in [-0.39, 0.29) is 17.2 Å². The minimum Gasteiger partial charge on any atom is -0.496 e. The predicted molar refractivity (Wildman–Crippen MR) is 141 cm³/mol. The predicted octanol–water partition coefficient (Wildman–Crippen LogP) is 4.66. The lowest BCUT2D eigenvalue weighted by Crippen LogP contribution is -2.30. The molecule has 2 aliphatic rings. The van der Waals surface area contributed by atoms with Gasteiger partial charge in [-0.1, -0.05) is 17.7 Å². The molecule has 1 aromatic heterocycles. The normalized spacial score (nSPS) is 20.1. The van der Waals surface area contributed by atoms with E-state index in [1.807, 2.05) is 23.9 Å². The number of hydrogen-bond acceptors (Lipinski definition) is 8. The largest absolute Gasteiger partial charge is 0.496 e. The van der Waals surface area contributed by atoms with E-state index in [1.54, 1.807) is 25.3 Å². The van der Waals surface area contributed by atoms with Crippen molar-refractivity contribution in [1.29, 1.82) is 0 Å². The van der Waals surface area contributed by atoms with Gasteiger partial charge in [0.25, 0.3) is 0 Å². The summed E-state index contributed by atoms with van der Waals surface area (Å²) in [6.07, 6.45) is 5.47. The van der Waals surface area contributed by atoms with Gasteiger partial charge in [0.15, 0.2) is 5.78 Å². The van der Waals surface area contributed by atoms with Gasteiger partial charge in [-0.15, -0.1) is 0 Å². The summed E-state index contributed by atoms with van der Waals surface area (Å²) in [7, 11) is 1.57. The van der Waals surface area contributed by atoms with Crippen molar-refractivity contribution in [3.05, 3.63) is 65.2 Å². The number of halogens is 2. The Hall–Kier alpha value is -2.72. The number of fused-ring (bicyclic) bond motifs is 2. The molecular weight excluding hydrogens is 503 g/mol.